The molecule has 3 aromatic rings. The highest BCUT2D eigenvalue weighted by atomic mass is 19.1. The average Bonchev–Trinajstić information content (AvgIpc) is 3.23. The maximum absolute atomic E-state index is 13.8. The quantitative estimate of drug-likeness (QED) is 0.432. The third kappa shape index (κ3) is 4.54. The Kier molecular flexibility index (Phi) is 6.16. The standard InChI is InChI=1S/C25H25FN6O6/c26-13-1-3-16-18(7-13)31(23(35)10-28-16)11-15(33)9-27-14-2-4-17-20(8-14)38-25(36)32(17)21-6-5-19-24(29-21)30-22(34)12-37-19/h1,3,5-7,10,14-15,17,20,27,33H,2,4,8-9,11-12H2,(H,29,30,34)/t14-,15-,17-,20-/m1/s1. The predicted molar refractivity (Wildman–Crippen MR) is 133 cm³/mol. The molecule has 1 aromatic carbocycles. The average molecular weight is 525 g/mol. The zero-order chi connectivity index (χ0) is 26.4. The molecule has 1 saturated carbocycles. The van der Waals surface area contributed by atoms with Crippen LogP contribution in [-0.2, 0) is 16.1 Å². The molecule has 0 radical (unpaired) electrons. The van der Waals surface area contributed by atoms with E-state index in [2.05, 4.69) is 20.6 Å². The number of aliphatic hydroxyl groups is 1. The summed E-state index contributed by atoms with van der Waals surface area (Å²) in [5.41, 5.74) is 0.347. The number of benzene rings is 1. The Labute approximate surface area is 215 Å². The molecule has 2 amide bonds. The first-order valence-electron chi connectivity index (χ1n) is 12.4. The molecule has 0 spiro atoms. The van der Waals surface area contributed by atoms with Gasteiger partial charge in [0.2, 0.25) is 0 Å². The van der Waals surface area contributed by atoms with Crippen LogP contribution in [0.3, 0.4) is 0 Å². The van der Waals surface area contributed by atoms with Crippen LogP contribution in [0.15, 0.2) is 41.3 Å². The molecule has 0 bridgehead atoms. The Hall–Kier alpha value is -4.10. The number of rotatable bonds is 6. The Morgan fingerprint density at radius 2 is 2.08 bits per heavy atom. The van der Waals surface area contributed by atoms with Crippen molar-refractivity contribution < 1.29 is 28.6 Å². The van der Waals surface area contributed by atoms with Gasteiger partial charge in [-0.1, -0.05) is 0 Å². The van der Waals surface area contributed by atoms with E-state index in [4.69, 9.17) is 9.47 Å². The van der Waals surface area contributed by atoms with Crippen LogP contribution in [0.2, 0.25) is 0 Å². The summed E-state index contributed by atoms with van der Waals surface area (Å²) in [6, 6.07) is 7.07. The first-order chi connectivity index (χ1) is 18.4. The molecule has 38 heavy (non-hydrogen) atoms. The van der Waals surface area contributed by atoms with Gasteiger partial charge in [0.05, 0.1) is 35.9 Å². The molecule has 3 N–H and O–H groups in total. The zero-order valence-corrected chi connectivity index (χ0v) is 20.2. The van der Waals surface area contributed by atoms with Crippen LogP contribution in [0, 0.1) is 5.82 Å². The van der Waals surface area contributed by atoms with Crippen molar-refractivity contribution >= 4 is 34.7 Å². The number of nitrogens with zero attached hydrogens (tertiary/aromatic N) is 4. The second-order valence-corrected chi connectivity index (χ2v) is 9.62. The Morgan fingerprint density at radius 3 is 2.95 bits per heavy atom. The van der Waals surface area contributed by atoms with Gasteiger partial charge in [-0.3, -0.25) is 14.5 Å². The minimum Gasteiger partial charge on any atom is -0.480 e. The van der Waals surface area contributed by atoms with E-state index < -0.39 is 23.6 Å². The molecule has 198 valence electrons. The van der Waals surface area contributed by atoms with Gasteiger partial charge in [0.15, 0.2) is 18.2 Å². The summed E-state index contributed by atoms with van der Waals surface area (Å²) in [6.07, 6.45) is 1.25. The van der Waals surface area contributed by atoms with Gasteiger partial charge < -0.3 is 29.8 Å². The van der Waals surface area contributed by atoms with E-state index in [-0.39, 0.29) is 49.6 Å². The van der Waals surface area contributed by atoms with Crippen molar-refractivity contribution in [1.82, 2.24) is 19.9 Å². The minimum atomic E-state index is -0.918. The van der Waals surface area contributed by atoms with Crippen molar-refractivity contribution in [3.63, 3.8) is 0 Å². The smallest absolute Gasteiger partial charge is 0.416 e. The molecule has 2 aromatic heterocycles. The summed E-state index contributed by atoms with van der Waals surface area (Å²) in [5, 5.41) is 16.6. The van der Waals surface area contributed by atoms with E-state index in [1.54, 1.807) is 12.1 Å². The SMILES string of the molecule is O=C1COc2ccc(N3C(=O)O[C@@H]4C[C@H](NC[C@@H](O)Cn5c(=O)cnc6ccc(F)cc65)CC[C@H]43)nc2N1. The molecule has 0 unspecified atom stereocenters. The maximum Gasteiger partial charge on any atom is 0.416 e. The first kappa shape index (κ1) is 24.2. The van der Waals surface area contributed by atoms with E-state index in [0.29, 0.717) is 35.4 Å². The van der Waals surface area contributed by atoms with Crippen LogP contribution in [0.5, 0.6) is 5.75 Å². The van der Waals surface area contributed by atoms with Crippen molar-refractivity contribution in [3.05, 3.63) is 52.7 Å². The van der Waals surface area contributed by atoms with E-state index in [9.17, 15) is 23.9 Å². The number of fused-ring (bicyclic) bond motifs is 3. The van der Waals surface area contributed by atoms with Gasteiger partial charge in [-0.25, -0.2) is 19.2 Å². The number of carbonyl (C=O) groups is 2. The molecule has 4 atom stereocenters. The van der Waals surface area contributed by atoms with Gasteiger partial charge in [0.1, 0.15) is 17.7 Å². The summed E-state index contributed by atoms with van der Waals surface area (Å²) >= 11 is 0. The van der Waals surface area contributed by atoms with E-state index >= 15 is 0 Å². The lowest BCUT2D eigenvalue weighted by atomic mass is 9.88. The van der Waals surface area contributed by atoms with Crippen LogP contribution < -0.4 is 25.8 Å². The summed E-state index contributed by atoms with van der Waals surface area (Å²) in [5.74, 6) is 0.276. The molecule has 13 heteroatoms. The molecule has 2 fully saturated rings. The van der Waals surface area contributed by atoms with Crippen LogP contribution in [0.4, 0.5) is 20.8 Å². The topological polar surface area (TPSA) is 148 Å². The van der Waals surface area contributed by atoms with Crippen molar-refractivity contribution in [2.75, 3.05) is 23.4 Å². The Balaban J connectivity index is 1.08. The molecule has 6 rings (SSSR count). The fourth-order valence-corrected chi connectivity index (χ4v) is 5.29. The first-order valence-corrected chi connectivity index (χ1v) is 12.4. The third-order valence-corrected chi connectivity index (χ3v) is 7.09. The molecular weight excluding hydrogens is 499 g/mol. The number of pyridine rings is 1. The summed E-state index contributed by atoms with van der Waals surface area (Å²) in [7, 11) is 0. The summed E-state index contributed by atoms with van der Waals surface area (Å²) < 4.78 is 26.0. The lowest BCUT2D eigenvalue weighted by molar-refractivity contribution is -0.118. The fraction of sp³-hybridized carbons (Fsp3) is 0.400. The number of amides is 2. The highest BCUT2D eigenvalue weighted by Gasteiger charge is 2.46. The maximum atomic E-state index is 13.8. The number of nitrogens with one attached hydrogen (secondary N) is 2. The van der Waals surface area contributed by atoms with E-state index in [1.165, 1.54) is 27.7 Å². The number of halogens is 1. The van der Waals surface area contributed by atoms with Gasteiger partial charge in [0.25, 0.3) is 11.5 Å². The predicted octanol–water partition coefficient (Wildman–Crippen LogP) is 1.16. The molecule has 12 nitrogen and oxygen atoms in total. The van der Waals surface area contributed by atoms with E-state index in [1.807, 2.05) is 0 Å². The number of hydrogen-bond acceptors (Lipinski definition) is 9. The number of aliphatic hydroxyl groups excluding tert-OH is 1. The van der Waals surface area contributed by atoms with Crippen LogP contribution in [-0.4, -0.2) is 69.1 Å². The largest absolute Gasteiger partial charge is 0.480 e. The Bertz CT molecular complexity index is 1480. The second kappa shape index (κ2) is 9.65. The van der Waals surface area contributed by atoms with Crippen molar-refractivity contribution in [1.29, 1.82) is 0 Å². The molecule has 1 aliphatic carbocycles. The number of anilines is 2. The van der Waals surface area contributed by atoms with E-state index in [0.717, 1.165) is 12.6 Å². The number of carbonyl (C=O) groups excluding carboxylic acids is 2. The monoisotopic (exact) mass is 524 g/mol. The molecular formula is C25H25FN6O6. The number of hydrogen-bond donors (Lipinski definition) is 3. The van der Waals surface area contributed by atoms with Gasteiger partial charge >= 0.3 is 6.09 Å². The lowest BCUT2D eigenvalue weighted by Crippen LogP contribution is -2.47. The Morgan fingerprint density at radius 1 is 1.21 bits per heavy atom. The van der Waals surface area contributed by atoms with Gasteiger partial charge in [-0.2, -0.15) is 0 Å². The van der Waals surface area contributed by atoms with Gasteiger partial charge in [0, 0.05) is 19.0 Å². The molecule has 1 saturated heterocycles. The molecule has 2 aliphatic heterocycles. The normalized spacial score (nSPS) is 23.3. The van der Waals surface area contributed by atoms with Crippen LogP contribution in [0.1, 0.15) is 19.3 Å². The third-order valence-electron chi connectivity index (χ3n) is 7.09. The summed E-state index contributed by atoms with van der Waals surface area (Å²) in [4.78, 5) is 46.7. The lowest BCUT2D eigenvalue weighted by Gasteiger charge is -2.33. The minimum absolute atomic E-state index is 0.0221. The van der Waals surface area contributed by atoms with Crippen molar-refractivity contribution in [2.24, 2.45) is 0 Å². The van der Waals surface area contributed by atoms with Crippen LogP contribution >= 0.6 is 0 Å². The highest BCUT2D eigenvalue weighted by Crippen LogP contribution is 2.37. The van der Waals surface area contributed by atoms with Gasteiger partial charge in [-0.15, -0.1) is 0 Å². The number of ether oxygens (including phenoxy) is 2. The summed E-state index contributed by atoms with van der Waals surface area (Å²) in [6.45, 7) is 0.0828. The van der Waals surface area contributed by atoms with Crippen molar-refractivity contribution in [3.8, 4) is 5.75 Å². The van der Waals surface area contributed by atoms with Gasteiger partial charge in [-0.05, 0) is 43.2 Å². The molecule has 4 heterocycles. The zero-order valence-electron chi connectivity index (χ0n) is 20.2. The number of aromatic nitrogens is 3. The van der Waals surface area contributed by atoms with Crippen molar-refractivity contribution in [2.45, 2.75) is 50.1 Å². The highest BCUT2D eigenvalue weighted by molar-refractivity contribution is 5.95. The molecule has 3 aliphatic rings. The fourth-order valence-electron chi connectivity index (χ4n) is 5.29. The van der Waals surface area contributed by atoms with Crippen LogP contribution in [0.25, 0.3) is 11.0 Å². The second-order valence-electron chi connectivity index (χ2n) is 9.62.